The van der Waals surface area contributed by atoms with E-state index in [1.807, 2.05) is 21.7 Å². The van der Waals surface area contributed by atoms with Crippen LogP contribution in [0.1, 0.15) is 24.1 Å². The van der Waals surface area contributed by atoms with Gasteiger partial charge in [0.2, 0.25) is 0 Å². The Morgan fingerprint density at radius 1 is 1.39 bits per heavy atom. The first-order valence-electron chi connectivity index (χ1n) is 9.72. The molecule has 0 radical (unpaired) electrons. The Labute approximate surface area is 168 Å². The zero-order valence-electron chi connectivity index (χ0n) is 15.7. The van der Waals surface area contributed by atoms with Crippen LogP contribution >= 0.6 is 11.3 Å². The number of aliphatic imine (C=N–C) groups is 1. The number of hydrogen-bond acceptors (Lipinski definition) is 5. The molecule has 28 heavy (non-hydrogen) atoms. The van der Waals surface area contributed by atoms with E-state index >= 15 is 0 Å². The highest BCUT2D eigenvalue weighted by atomic mass is 32.1. The second-order valence-electron chi connectivity index (χ2n) is 6.94. The van der Waals surface area contributed by atoms with Gasteiger partial charge in [-0.25, -0.2) is 9.78 Å². The first-order valence-corrected chi connectivity index (χ1v) is 10.6. The molecule has 148 valence electrons. The van der Waals surface area contributed by atoms with Gasteiger partial charge in [0.25, 0.3) is 0 Å². The lowest BCUT2D eigenvalue weighted by atomic mass is 10.0. The first-order chi connectivity index (χ1) is 13.8. The second kappa shape index (κ2) is 9.05. The molecule has 1 fully saturated rings. The predicted octanol–water partition coefficient (Wildman–Crippen LogP) is 3.06. The van der Waals surface area contributed by atoms with E-state index < -0.39 is 0 Å². The Bertz CT molecular complexity index is 816. The highest BCUT2D eigenvalue weighted by Gasteiger charge is 2.42. The Balaban J connectivity index is 1.43. The number of imidazole rings is 1. The zero-order valence-corrected chi connectivity index (χ0v) is 16.6. The van der Waals surface area contributed by atoms with Crippen molar-refractivity contribution in [3.05, 3.63) is 53.4 Å². The fourth-order valence-electron chi connectivity index (χ4n) is 3.65. The molecule has 4 rings (SSSR count). The number of allylic oxidation sites excluding steroid dienone is 1. The smallest absolute Gasteiger partial charge is 0.323 e. The quantitative estimate of drug-likeness (QED) is 0.742. The fraction of sp³-hybridized carbons (Fsp3) is 0.450. The number of amides is 2. The van der Waals surface area contributed by atoms with Gasteiger partial charge < -0.3 is 14.2 Å². The van der Waals surface area contributed by atoms with Crippen molar-refractivity contribution >= 4 is 23.2 Å². The molecule has 2 amide bonds. The van der Waals surface area contributed by atoms with Gasteiger partial charge in [0.05, 0.1) is 12.6 Å². The van der Waals surface area contributed by atoms with E-state index in [9.17, 15) is 4.79 Å². The molecule has 0 spiro atoms. The van der Waals surface area contributed by atoms with Crippen molar-refractivity contribution in [3.63, 3.8) is 0 Å². The van der Waals surface area contributed by atoms with Gasteiger partial charge in [-0.15, -0.1) is 11.3 Å². The van der Waals surface area contributed by atoms with Crippen LogP contribution in [-0.4, -0.2) is 51.6 Å². The topological polar surface area (TPSA) is 71.8 Å². The lowest BCUT2D eigenvalue weighted by molar-refractivity contribution is 0.0729. The highest BCUT2D eigenvalue weighted by Crippen LogP contribution is 2.23. The molecule has 0 aliphatic carbocycles. The third-order valence-corrected chi connectivity index (χ3v) is 5.96. The molecule has 2 aromatic heterocycles. The highest BCUT2D eigenvalue weighted by molar-refractivity contribution is 7.09. The molecule has 2 unspecified atom stereocenters. The van der Waals surface area contributed by atoms with Crippen LogP contribution in [0.5, 0.6) is 0 Å². The van der Waals surface area contributed by atoms with Crippen molar-refractivity contribution < 1.29 is 9.53 Å². The average Bonchev–Trinajstić information content (AvgIpc) is 3.46. The molecule has 2 atom stereocenters. The third kappa shape index (κ3) is 4.44. The second-order valence-corrected chi connectivity index (χ2v) is 7.97. The number of urea groups is 1. The summed E-state index contributed by atoms with van der Waals surface area (Å²) in [6.07, 6.45) is 12.8. The molecule has 1 N–H and O–H groups in total. The summed E-state index contributed by atoms with van der Waals surface area (Å²) in [5.74, 6) is 0.740. The molecule has 1 saturated heterocycles. The molecule has 0 bridgehead atoms. The summed E-state index contributed by atoms with van der Waals surface area (Å²) in [5.41, 5.74) is 0. The van der Waals surface area contributed by atoms with E-state index in [0.717, 1.165) is 38.1 Å². The van der Waals surface area contributed by atoms with E-state index in [-0.39, 0.29) is 18.2 Å². The van der Waals surface area contributed by atoms with Crippen molar-refractivity contribution in [2.75, 3.05) is 13.1 Å². The molecule has 0 saturated carbocycles. The van der Waals surface area contributed by atoms with Gasteiger partial charge >= 0.3 is 6.03 Å². The van der Waals surface area contributed by atoms with E-state index in [0.29, 0.717) is 13.1 Å². The number of thiophene rings is 1. The number of nitrogens with one attached hydrogen (secondary N) is 1. The number of amidine groups is 1. The summed E-state index contributed by atoms with van der Waals surface area (Å²) in [6.45, 7) is 2.15. The van der Waals surface area contributed by atoms with Gasteiger partial charge in [0.1, 0.15) is 18.0 Å². The lowest BCUT2D eigenvalue weighted by Gasteiger charge is -2.31. The Hall–Kier alpha value is -2.61. The Morgan fingerprint density at radius 3 is 3.11 bits per heavy atom. The molecule has 7 nitrogen and oxygen atoms in total. The lowest BCUT2D eigenvalue weighted by Crippen LogP contribution is -2.46. The van der Waals surface area contributed by atoms with Crippen LogP contribution in [0.4, 0.5) is 4.79 Å². The van der Waals surface area contributed by atoms with E-state index in [4.69, 9.17) is 9.73 Å². The number of hydrogen-bond donors (Lipinski definition) is 1. The molecule has 2 aliphatic rings. The minimum absolute atomic E-state index is 0.0577. The molecular weight excluding hydrogens is 374 g/mol. The van der Waals surface area contributed by atoms with Crippen LogP contribution < -0.4 is 5.32 Å². The van der Waals surface area contributed by atoms with E-state index in [1.54, 1.807) is 30.1 Å². The van der Waals surface area contributed by atoms with Crippen LogP contribution in [0.2, 0.25) is 0 Å². The molecule has 2 aromatic rings. The maximum atomic E-state index is 12.7. The Kier molecular flexibility index (Phi) is 6.06. The maximum Gasteiger partial charge on any atom is 0.323 e. The largest absolute Gasteiger partial charge is 0.496 e. The normalized spacial score (nSPS) is 23.2. The summed E-state index contributed by atoms with van der Waals surface area (Å²) >= 11 is 1.74. The number of carbonyl (C=O) groups excluding carboxylic acids is 1. The average molecular weight is 400 g/mol. The van der Waals surface area contributed by atoms with Gasteiger partial charge in [0.15, 0.2) is 0 Å². The molecule has 8 heteroatoms. The van der Waals surface area contributed by atoms with Crippen molar-refractivity contribution in [2.24, 2.45) is 4.99 Å². The minimum Gasteiger partial charge on any atom is -0.496 e. The SMILES string of the molecule is O=C1NC(=NCCc2cccs2)C(C2CCC=CO2)N1CCCn1ccnc1. The zero-order chi connectivity index (χ0) is 19.2. The van der Waals surface area contributed by atoms with Gasteiger partial charge in [-0.1, -0.05) is 6.07 Å². The first kappa shape index (κ1) is 18.7. The number of rotatable bonds is 8. The van der Waals surface area contributed by atoms with Crippen LogP contribution in [0.25, 0.3) is 0 Å². The van der Waals surface area contributed by atoms with Crippen LogP contribution in [0.15, 0.2) is 53.6 Å². The third-order valence-electron chi connectivity index (χ3n) is 5.03. The number of nitrogens with zero attached hydrogens (tertiary/aromatic N) is 4. The van der Waals surface area contributed by atoms with Crippen molar-refractivity contribution in [1.82, 2.24) is 19.8 Å². The fourth-order valence-corrected chi connectivity index (χ4v) is 4.35. The van der Waals surface area contributed by atoms with Crippen molar-refractivity contribution in [3.8, 4) is 0 Å². The number of carbonyl (C=O) groups is 1. The molecule has 0 aromatic carbocycles. The summed E-state index contributed by atoms with van der Waals surface area (Å²) in [6, 6.07) is 3.94. The molecular formula is C20H25N5O2S. The molecule has 4 heterocycles. The Morgan fingerprint density at radius 2 is 2.36 bits per heavy atom. The van der Waals surface area contributed by atoms with Gasteiger partial charge in [-0.05, 0) is 36.8 Å². The van der Waals surface area contributed by atoms with Crippen LogP contribution in [0, 0.1) is 0 Å². The monoisotopic (exact) mass is 399 g/mol. The van der Waals surface area contributed by atoms with E-state index in [1.165, 1.54) is 4.88 Å². The summed E-state index contributed by atoms with van der Waals surface area (Å²) in [5, 5.41) is 5.07. The maximum absolute atomic E-state index is 12.7. The summed E-state index contributed by atoms with van der Waals surface area (Å²) in [4.78, 5) is 24.7. The van der Waals surface area contributed by atoms with Gasteiger partial charge in [-0.3, -0.25) is 10.3 Å². The van der Waals surface area contributed by atoms with Crippen LogP contribution in [-0.2, 0) is 17.7 Å². The standard InChI is InChI=1S/C20H25N5O2S/c26-20-23-19(22-8-7-16-5-3-14-28-16)18(17-6-1-2-13-27-17)25(20)11-4-10-24-12-9-21-15-24/h2-3,5,9,12-15,17-18H,1,4,6-8,10-11H2,(H,22,23,26). The summed E-state index contributed by atoms with van der Waals surface area (Å²) in [7, 11) is 0. The van der Waals surface area contributed by atoms with Crippen molar-refractivity contribution in [1.29, 1.82) is 0 Å². The van der Waals surface area contributed by atoms with Crippen molar-refractivity contribution in [2.45, 2.75) is 44.4 Å². The predicted molar refractivity (Wildman–Crippen MR) is 109 cm³/mol. The number of aryl methyl sites for hydroxylation is 1. The number of ether oxygens (including phenoxy) is 1. The van der Waals surface area contributed by atoms with Gasteiger partial charge in [-0.2, -0.15) is 0 Å². The minimum atomic E-state index is -0.149. The van der Waals surface area contributed by atoms with Crippen LogP contribution in [0.3, 0.4) is 0 Å². The number of aromatic nitrogens is 2. The molecule has 2 aliphatic heterocycles. The summed E-state index contributed by atoms with van der Waals surface area (Å²) < 4.78 is 7.89. The van der Waals surface area contributed by atoms with E-state index in [2.05, 4.69) is 27.8 Å². The van der Waals surface area contributed by atoms with Gasteiger partial charge in [0, 0.05) is 43.3 Å².